The van der Waals surface area contributed by atoms with Gasteiger partial charge in [-0.25, -0.2) is 4.79 Å². The number of nitrogens with zero attached hydrogens (tertiary/aromatic N) is 3. The zero-order valence-corrected chi connectivity index (χ0v) is 12.2. The van der Waals surface area contributed by atoms with Crippen molar-refractivity contribution in [3.05, 3.63) is 12.2 Å². The van der Waals surface area contributed by atoms with Gasteiger partial charge in [0.15, 0.2) is 5.82 Å². The molecule has 8 heteroatoms. The van der Waals surface area contributed by atoms with Gasteiger partial charge in [-0.05, 0) is 27.2 Å². The summed E-state index contributed by atoms with van der Waals surface area (Å²) in [6, 6.07) is -0.659. The van der Waals surface area contributed by atoms with Gasteiger partial charge in [-0.15, -0.1) is 10.2 Å². The van der Waals surface area contributed by atoms with Crippen molar-refractivity contribution in [3.8, 4) is 0 Å². The highest BCUT2D eigenvalue weighted by Gasteiger charge is 2.23. The Balaban J connectivity index is 2.51. The van der Waals surface area contributed by atoms with Gasteiger partial charge in [0.25, 0.3) is 0 Å². The summed E-state index contributed by atoms with van der Waals surface area (Å²) in [5.74, 6) is -0.240. The smallest absolute Gasteiger partial charge is 0.315 e. The van der Waals surface area contributed by atoms with Crippen LogP contribution in [0, 0.1) is 0 Å². The van der Waals surface area contributed by atoms with Crippen molar-refractivity contribution in [1.29, 1.82) is 0 Å². The summed E-state index contributed by atoms with van der Waals surface area (Å²) < 4.78 is 1.72. The standard InChI is InChI=1S/C12H21N5O3/c1-8(10-16-13-7-17(10)4)14-11(20)15-12(2,3)6-5-9(18)19/h7-8H,5-6H2,1-4H3,(H,18,19)(H2,14,15,20). The van der Waals surface area contributed by atoms with E-state index >= 15 is 0 Å². The number of carboxylic acid groups (broad SMARTS) is 1. The summed E-state index contributed by atoms with van der Waals surface area (Å²) in [6.07, 6.45) is 1.92. The predicted molar refractivity (Wildman–Crippen MR) is 72.0 cm³/mol. The Kier molecular flexibility index (Phi) is 5.06. The quantitative estimate of drug-likeness (QED) is 0.716. The number of nitrogens with one attached hydrogen (secondary N) is 2. The first-order valence-electron chi connectivity index (χ1n) is 6.35. The number of carbonyl (C=O) groups excluding carboxylic acids is 1. The average Bonchev–Trinajstić information content (AvgIpc) is 2.72. The molecule has 8 nitrogen and oxygen atoms in total. The van der Waals surface area contributed by atoms with E-state index in [9.17, 15) is 9.59 Å². The number of hydrogen-bond donors (Lipinski definition) is 3. The first-order chi connectivity index (χ1) is 9.21. The van der Waals surface area contributed by atoms with Gasteiger partial charge in [0, 0.05) is 19.0 Å². The third kappa shape index (κ3) is 4.87. The summed E-state index contributed by atoms with van der Waals surface area (Å²) in [4.78, 5) is 22.4. The lowest BCUT2D eigenvalue weighted by Crippen LogP contribution is -2.49. The predicted octanol–water partition coefficient (Wildman–Crippen LogP) is 0.819. The molecule has 1 atom stereocenters. The van der Waals surface area contributed by atoms with Crippen LogP contribution in [-0.2, 0) is 11.8 Å². The summed E-state index contributed by atoms with van der Waals surface area (Å²) in [5, 5.41) is 21.8. The van der Waals surface area contributed by atoms with Crippen molar-refractivity contribution in [2.75, 3.05) is 0 Å². The lowest BCUT2D eigenvalue weighted by Gasteiger charge is -2.26. The molecule has 0 aliphatic heterocycles. The lowest BCUT2D eigenvalue weighted by atomic mass is 9.99. The second kappa shape index (κ2) is 6.36. The highest BCUT2D eigenvalue weighted by atomic mass is 16.4. The van der Waals surface area contributed by atoms with Crippen molar-refractivity contribution >= 4 is 12.0 Å². The van der Waals surface area contributed by atoms with Crippen LogP contribution in [0.3, 0.4) is 0 Å². The maximum absolute atomic E-state index is 11.9. The average molecular weight is 283 g/mol. The number of aromatic nitrogens is 3. The van der Waals surface area contributed by atoms with Gasteiger partial charge < -0.3 is 20.3 Å². The van der Waals surface area contributed by atoms with E-state index in [2.05, 4.69) is 20.8 Å². The molecule has 0 aromatic carbocycles. The fourth-order valence-electron chi connectivity index (χ4n) is 1.77. The van der Waals surface area contributed by atoms with E-state index in [1.807, 2.05) is 0 Å². The Hall–Kier alpha value is -2.12. The SMILES string of the molecule is CC(NC(=O)NC(C)(C)CCC(=O)O)c1nncn1C. The number of aliphatic carboxylic acids is 1. The number of carbonyl (C=O) groups is 2. The van der Waals surface area contributed by atoms with Crippen molar-refractivity contribution in [2.45, 2.75) is 45.2 Å². The molecule has 0 saturated carbocycles. The van der Waals surface area contributed by atoms with Gasteiger partial charge in [0.05, 0.1) is 6.04 Å². The molecule has 0 saturated heterocycles. The van der Waals surface area contributed by atoms with E-state index in [0.717, 1.165) is 0 Å². The van der Waals surface area contributed by atoms with Crippen LogP contribution in [0.25, 0.3) is 0 Å². The van der Waals surface area contributed by atoms with Crippen LogP contribution in [0.15, 0.2) is 6.33 Å². The molecule has 0 fully saturated rings. The molecule has 2 amide bonds. The molecule has 0 radical (unpaired) electrons. The highest BCUT2D eigenvalue weighted by Crippen LogP contribution is 2.12. The third-order valence-corrected chi connectivity index (χ3v) is 2.90. The molecular weight excluding hydrogens is 262 g/mol. The second-order valence-corrected chi connectivity index (χ2v) is 5.40. The Morgan fingerprint density at radius 3 is 2.65 bits per heavy atom. The summed E-state index contributed by atoms with van der Waals surface area (Å²) in [7, 11) is 1.79. The van der Waals surface area contributed by atoms with E-state index in [0.29, 0.717) is 12.2 Å². The van der Waals surface area contributed by atoms with Gasteiger partial charge in [0.2, 0.25) is 0 Å². The number of aryl methyl sites for hydroxylation is 1. The first kappa shape index (κ1) is 15.9. The minimum Gasteiger partial charge on any atom is -0.481 e. The van der Waals surface area contributed by atoms with E-state index in [4.69, 9.17) is 5.11 Å². The molecule has 1 aromatic heterocycles. The fourth-order valence-corrected chi connectivity index (χ4v) is 1.77. The lowest BCUT2D eigenvalue weighted by molar-refractivity contribution is -0.137. The molecule has 1 heterocycles. The van der Waals surface area contributed by atoms with Crippen LogP contribution >= 0.6 is 0 Å². The molecule has 3 N–H and O–H groups in total. The number of amides is 2. The zero-order chi connectivity index (χ0) is 15.3. The van der Waals surface area contributed by atoms with Gasteiger partial charge in [0.1, 0.15) is 6.33 Å². The molecule has 0 aliphatic rings. The maximum Gasteiger partial charge on any atom is 0.315 e. The summed E-state index contributed by atoms with van der Waals surface area (Å²) >= 11 is 0. The van der Waals surface area contributed by atoms with Crippen molar-refractivity contribution in [3.63, 3.8) is 0 Å². The van der Waals surface area contributed by atoms with Crippen molar-refractivity contribution < 1.29 is 14.7 Å². The molecule has 1 aromatic rings. The van der Waals surface area contributed by atoms with Crippen molar-refractivity contribution in [2.24, 2.45) is 7.05 Å². The maximum atomic E-state index is 11.9. The first-order valence-corrected chi connectivity index (χ1v) is 6.35. The van der Waals surface area contributed by atoms with E-state index in [1.54, 1.807) is 38.7 Å². The topological polar surface area (TPSA) is 109 Å². The van der Waals surface area contributed by atoms with Crippen LogP contribution in [-0.4, -0.2) is 37.4 Å². The molecule has 0 bridgehead atoms. The Labute approximate surface area is 117 Å². The van der Waals surface area contributed by atoms with Crippen LogP contribution in [0.1, 0.15) is 45.5 Å². The number of hydrogen-bond acceptors (Lipinski definition) is 4. The van der Waals surface area contributed by atoms with Crippen LogP contribution < -0.4 is 10.6 Å². The van der Waals surface area contributed by atoms with Gasteiger partial charge in [-0.3, -0.25) is 4.79 Å². The van der Waals surface area contributed by atoms with Gasteiger partial charge in [-0.2, -0.15) is 0 Å². The van der Waals surface area contributed by atoms with Crippen LogP contribution in [0.4, 0.5) is 4.79 Å². The normalized spacial score (nSPS) is 12.8. The number of rotatable bonds is 6. The van der Waals surface area contributed by atoms with E-state index in [1.165, 1.54) is 0 Å². The zero-order valence-electron chi connectivity index (χ0n) is 12.2. The third-order valence-electron chi connectivity index (χ3n) is 2.90. The van der Waals surface area contributed by atoms with Crippen LogP contribution in [0.5, 0.6) is 0 Å². The Bertz CT molecular complexity index is 483. The highest BCUT2D eigenvalue weighted by molar-refractivity contribution is 5.75. The monoisotopic (exact) mass is 283 g/mol. The second-order valence-electron chi connectivity index (χ2n) is 5.40. The molecule has 112 valence electrons. The van der Waals surface area contributed by atoms with Gasteiger partial charge >= 0.3 is 12.0 Å². The van der Waals surface area contributed by atoms with Crippen LogP contribution in [0.2, 0.25) is 0 Å². The number of carboxylic acids is 1. The van der Waals surface area contributed by atoms with Crippen molar-refractivity contribution in [1.82, 2.24) is 25.4 Å². The molecule has 1 rings (SSSR count). The minimum absolute atomic E-state index is 0.00607. The minimum atomic E-state index is -0.882. The fraction of sp³-hybridized carbons (Fsp3) is 0.667. The Morgan fingerprint density at radius 1 is 1.50 bits per heavy atom. The molecular formula is C12H21N5O3. The molecule has 1 unspecified atom stereocenters. The largest absolute Gasteiger partial charge is 0.481 e. The number of urea groups is 1. The molecule has 20 heavy (non-hydrogen) atoms. The Morgan fingerprint density at radius 2 is 2.15 bits per heavy atom. The van der Waals surface area contributed by atoms with E-state index < -0.39 is 11.5 Å². The summed E-state index contributed by atoms with van der Waals surface area (Å²) in [5.41, 5.74) is -0.595. The molecule has 0 spiro atoms. The van der Waals surface area contributed by atoms with Gasteiger partial charge in [-0.1, -0.05) is 0 Å². The summed E-state index contributed by atoms with van der Waals surface area (Å²) in [6.45, 7) is 5.36. The van der Waals surface area contributed by atoms with E-state index in [-0.39, 0.29) is 18.5 Å². The molecule has 0 aliphatic carbocycles.